The van der Waals surface area contributed by atoms with E-state index in [0.717, 1.165) is 18.4 Å². The fourth-order valence-electron chi connectivity index (χ4n) is 1.80. The van der Waals surface area contributed by atoms with Crippen LogP contribution in [0.3, 0.4) is 0 Å². The molecule has 0 bridgehead atoms. The molecule has 1 aromatic carbocycles. The van der Waals surface area contributed by atoms with E-state index in [1.54, 1.807) is 6.07 Å². The van der Waals surface area contributed by atoms with Crippen LogP contribution in [0.4, 0.5) is 4.39 Å². The summed E-state index contributed by atoms with van der Waals surface area (Å²) in [6, 6.07) is 4.97. The van der Waals surface area contributed by atoms with Crippen LogP contribution in [-0.4, -0.2) is 5.38 Å². The van der Waals surface area contributed by atoms with Crippen LogP contribution in [0.2, 0.25) is 0 Å². The van der Waals surface area contributed by atoms with Gasteiger partial charge in [-0.25, -0.2) is 4.39 Å². The van der Waals surface area contributed by atoms with Crippen molar-refractivity contribution >= 4 is 11.6 Å². The molecule has 0 saturated carbocycles. The molecule has 84 valence electrons. The third kappa shape index (κ3) is 3.49. The van der Waals surface area contributed by atoms with Crippen molar-refractivity contribution in [2.45, 2.75) is 39.0 Å². The summed E-state index contributed by atoms with van der Waals surface area (Å²) in [6.45, 7) is 6.11. The molecule has 0 aromatic heterocycles. The van der Waals surface area contributed by atoms with Gasteiger partial charge in [0.2, 0.25) is 0 Å². The molecule has 0 aliphatic rings. The molecule has 1 rings (SSSR count). The van der Waals surface area contributed by atoms with E-state index in [1.165, 1.54) is 11.6 Å². The number of rotatable bonds is 4. The van der Waals surface area contributed by atoms with Gasteiger partial charge < -0.3 is 0 Å². The topological polar surface area (TPSA) is 0 Å². The molecular formula is C13H18ClF. The first-order valence-electron chi connectivity index (χ1n) is 5.43. The Morgan fingerprint density at radius 2 is 2.07 bits per heavy atom. The van der Waals surface area contributed by atoms with Crippen molar-refractivity contribution in [1.82, 2.24) is 0 Å². The zero-order valence-electron chi connectivity index (χ0n) is 9.56. The van der Waals surface area contributed by atoms with Crippen molar-refractivity contribution in [3.05, 3.63) is 35.1 Å². The molecular weight excluding hydrogens is 211 g/mol. The van der Waals surface area contributed by atoms with Crippen LogP contribution in [0.5, 0.6) is 0 Å². The van der Waals surface area contributed by atoms with Crippen LogP contribution in [0, 0.1) is 18.7 Å². The van der Waals surface area contributed by atoms with Gasteiger partial charge in [-0.2, -0.15) is 0 Å². The number of halogens is 2. The summed E-state index contributed by atoms with van der Waals surface area (Å²) in [6.07, 6.45) is 1.99. The molecule has 0 aliphatic carbocycles. The predicted molar refractivity (Wildman–Crippen MR) is 63.9 cm³/mol. The van der Waals surface area contributed by atoms with E-state index in [2.05, 4.69) is 6.92 Å². The molecule has 0 aliphatic heterocycles. The van der Waals surface area contributed by atoms with E-state index < -0.39 is 0 Å². The van der Waals surface area contributed by atoms with Gasteiger partial charge in [0.15, 0.2) is 0 Å². The van der Waals surface area contributed by atoms with E-state index >= 15 is 0 Å². The second-order valence-corrected chi connectivity index (χ2v) is 4.81. The Balaban J connectivity index is 2.79. The van der Waals surface area contributed by atoms with Crippen LogP contribution >= 0.6 is 11.6 Å². The molecule has 1 aromatic rings. The zero-order valence-corrected chi connectivity index (χ0v) is 10.3. The molecule has 0 heterocycles. The molecule has 0 radical (unpaired) electrons. The minimum absolute atomic E-state index is 0.164. The zero-order chi connectivity index (χ0) is 11.4. The molecule has 0 amide bonds. The average molecular weight is 229 g/mol. The van der Waals surface area contributed by atoms with Crippen molar-refractivity contribution in [2.24, 2.45) is 5.92 Å². The van der Waals surface area contributed by atoms with Crippen molar-refractivity contribution in [2.75, 3.05) is 0 Å². The van der Waals surface area contributed by atoms with Crippen LogP contribution in [0.15, 0.2) is 18.2 Å². The first-order valence-corrected chi connectivity index (χ1v) is 5.87. The van der Waals surface area contributed by atoms with E-state index in [1.807, 2.05) is 19.9 Å². The lowest BCUT2D eigenvalue weighted by molar-refractivity contribution is 0.496. The number of aryl methyl sites for hydroxylation is 1. The molecule has 2 atom stereocenters. The third-order valence-corrected chi connectivity index (χ3v) is 3.32. The highest BCUT2D eigenvalue weighted by molar-refractivity contribution is 6.20. The van der Waals surface area contributed by atoms with Crippen molar-refractivity contribution in [3.8, 4) is 0 Å². The highest BCUT2D eigenvalue weighted by Crippen LogP contribution is 2.22. The Kier molecular flexibility index (Phi) is 4.59. The van der Waals surface area contributed by atoms with Crippen molar-refractivity contribution < 1.29 is 4.39 Å². The van der Waals surface area contributed by atoms with E-state index in [4.69, 9.17) is 11.6 Å². The Morgan fingerprint density at radius 3 is 2.53 bits per heavy atom. The maximum Gasteiger partial charge on any atom is 0.123 e. The first kappa shape index (κ1) is 12.5. The summed E-state index contributed by atoms with van der Waals surface area (Å²) < 4.78 is 12.9. The Hall–Kier alpha value is -0.560. The molecule has 0 fully saturated rings. The number of hydrogen-bond acceptors (Lipinski definition) is 0. The Morgan fingerprint density at radius 1 is 1.40 bits per heavy atom. The second kappa shape index (κ2) is 5.50. The highest BCUT2D eigenvalue weighted by Gasteiger charge is 2.14. The normalized spacial score (nSPS) is 15.0. The molecule has 2 heteroatoms. The van der Waals surface area contributed by atoms with Gasteiger partial charge >= 0.3 is 0 Å². The number of benzene rings is 1. The van der Waals surface area contributed by atoms with Gasteiger partial charge in [-0.3, -0.25) is 0 Å². The Bertz CT molecular complexity index is 320. The standard InChI is InChI=1S/C13H18ClF/c1-4-11(10(3)14)8-12-5-6-13(15)7-9(12)2/h5-7,10-11H,4,8H2,1-3H3. The maximum absolute atomic E-state index is 12.9. The minimum Gasteiger partial charge on any atom is -0.207 e. The summed E-state index contributed by atoms with van der Waals surface area (Å²) in [5.74, 6) is 0.305. The SMILES string of the molecule is CCC(Cc1ccc(F)cc1C)C(C)Cl. The third-order valence-electron chi connectivity index (χ3n) is 2.96. The van der Waals surface area contributed by atoms with Crippen LogP contribution in [-0.2, 0) is 6.42 Å². The Labute approximate surface area is 96.5 Å². The number of alkyl halides is 1. The summed E-state index contributed by atoms with van der Waals surface area (Å²) in [7, 11) is 0. The van der Waals surface area contributed by atoms with Gasteiger partial charge in [-0.15, -0.1) is 11.6 Å². The van der Waals surface area contributed by atoms with Crippen LogP contribution < -0.4 is 0 Å². The summed E-state index contributed by atoms with van der Waals surface area (Å²) in [5.41, 5.74) is 2.22. The highest BCUT2D eigenvalue weighted by atomic mass is 35.5. The lowest BCUT2D eigenvalue weighted by atomic mass is 9.92. The predicted octanol–water partition coefficient (Wildman–Crippen LogP) is 4.33. The van der Waals surface area contributed by atoms with E-state index in [9.17, 15) is 4.39 Å². The maximum atomic E-state index is 12.9. The summed E-state index contributed by atoms with van der Waals surface area (Å²) >= 11 is 6.10. The molecule has 0 N–H and O–H groups in total. The fourth-order valence-corrected chi connectivity index (χ4v) is 2.07. The molecule has 0 spiro atoms. The van der Waals surface area contributed by atoms with Gasteiger partial charge in [0.05, 0.1) is 0 Å². The van der Waals surface area contributed by atoms with Crippen LogP contribution in [0.25, 0.3) is 0 Å². The van der Waals surface area contributed by atoms with Gasteiger partial charge in [-0.1, -0.05) is 19.4 Å². The minimum atomic E-state index is -0.164. The smallest absolute Gasteiger partial charge is 0.123 e. The van der Waals surface area contributed by atoms with Gasteiger partial charge in [-0.05, 0) is 49.4 Å². The lowest BCUT2D eigenvalue weighted by Gasteiger charge is -2.18. The first-order chi connectivity index (χ1) is 7.04. The summed E-state index contributed by atoms with van der Waals surface area (Å²) in [4.78, 5) is 0. The molecule has 0 nitrogen and oxygen atoms in total. The number of hydrogen-bond donors (Lipinski definition) is 0. The van der Waals surface area contributed by atoms with Crippen molar-refractivity contribution in [3.63, 3.8) is 0 Å². The molecule has 0 saturated heterocycles. The quantitative estimate of drug-likeness (QED) is 0.673. The molecule has 2 unspecified atom stereocenters. The largest absolute Gasteiger partial charge is 0.207 e. The van der Waals surface area contributed by atoms with Crippen molar-refractivity contribution in [1.29, 1.82) is 0 Å². The summed E-state index contributed by atoms with van der Waals surface area (Å²) in [5, 5.41) is 0.166. The van der Waals surface area contributed by atoms with Gasteiger partial charge in [0, 0.05) is 5.38 Å². The van der Waals surface area contributed by atoms with Crippen LogP contribution in [0.1, 0.15) is 31.4 Å². The fraction of sp³-hybridized carbons (Fsp3) is 0.538. The second-order valence-electron chi connectivity index (χ2n) is 4.12. The van der Waals surface area contributed by atoms with E-state index in [-0.39, 0.29) is 11.2 Å². The van der Waals surface area contributed by atoms with Gasteiger partial charge in [0.25, 0.3) is 0 Å². The monoisotopic (exact) mass is 228 g/mol. The molecule has 15 heavy (non-hydrogen) atoms. The van der Waals surface area contributed by atoms with Gasteiger partial charge in [0.1, 0.15) is 5.82 Å². The average Bonchev–Trinajstić information content (AvgIpc) is 2.16. The lowest BCUT2D eigenvalue weighted by Crippen LogP contribution is -2.14. The van der Waals surface area contributed by atoms with E-state index in [0.29, 0.717) is 5.92 Å².